The van der Waals surface area contributed by atoms with Gasteiger partial charge in [-0.1, -0.05) is 0 Å². The van der Waals surface area contributed by atoms with Crippen LogP contribution in [0.2, 0.25) is 0 Å². The fraction of sp³-hybridized carbons (Fsp3) is 0.833. The summed E-state index contributed by atoms with van der Waals surface area (Å²) in [6.45, 7) is 2.08. The monoisotopic (exact) mass is 145 g/mol. The molecule has 0 spiro atoms. The van der Waals surface area contributed by atoms with Crippen molar-refractivity contribution in [2.24, 2.45) is 0 Å². The van der Waals surface area contributed by atoms with Gasteiger partial charge in [-0.05, 0) is 6.92 Å². The first kappa shape index (κ1) is 7.50. The van der Waals surface area contributed by atoms with Gasteiger partial charge in [0.2, 0.25) is 0 Å². The lowest BCUT2D eigenvalue weighted by Crippen LogP contribution is -2.90. The van der Waals surface area contributed by atoms with Gasteiger partial charge in [-0.25, -0.2) is 0 Å². The first-order valence-electron chi connectivity index (χ1n) is 3.28. The molecule has 0 aromatic rings. The number of carbonyl (C=O) groups excluding carboxylic acids is 1. The van der Waals surface area contributed by atoms with Gasteiger partial charge in [0.25, 0.3) is 0 Å². The fourth-order valence-electron chi connectivity index (χ4n) is 1.22. The number of hydrogen-bond acceptors (Lipinski definition) is 3. The van der Waals surface area contributed by atoms with E-state index in [2.05, 4.69) is 0 Å². The van der Waals surface area contributed by atoms with Crippen LogP contribution in [0.1, 0.15) is 13.3 Å². The number of carboxylic acid groups (broad SMARTS) is 1. The summed E-state index contributed by atoms with van der Waals surface area (Å²) in [4.78, 5) is 10.2. The van der Waals surface area contributed by atoms with Crippen molar-refractivity contribution < 1.29 is 20.3 Å². The summed E-state index contributed by atoms with van der Waals surface area (Å²) in [6.07, 6.45) is 0.287. The van der Waals surface area contributed by atoms with E-state index in [1.165, 1.54) is 0 Å². The zero-order chi connectivity index (χ0) is 7.78. The second-order valence-electron chi connectivity index (χ2n) is 3.07. The molecule has 4 nitrogen and oxygen atoms in total. The average molecular weight is 145 g/mol. The number of carboxylic acids is 1. The summed E-state index contributed by atoms with van der Waals surface area (Å²) < 4.78 is 0. The van der Waals surface area contributed by atoms with E-state index in [9.17, 15) is 15.0 Å². The third-order valence-corrected chi connectivity index (χ3v) is 1.80. The Labute approximate surface area is 58.9 Å². The third-order valence-electron chi connectivity index (χ3n) is 1.80. The van der Waals surface area contributed by atoms with Crippen LogP contribution >= 0.6 is 0 Å². The third kappa shape index (κ3) is 1.46. The summed E-state index contributed by atoms with van der Waals surface area (Å²) in [5, 5.41) is 21.1. The van der Waals surface area contributed by atoms with Crippen molar-refractivity contribution in [3.05, 3.63) is 0 Å². The normalized spacial score (nSPS) is 40.0. The van der Waals surface area contributed by atoms with Crippen LogP contribution in [-0.4, -0.2) is 29.3 Å². The van der Waals surface area contributed by atoms with Gasteiger partial charge in [0.1, 0.15) is 18.2 Å². The molecule has 0 radical (unpaired) electrons. The maximum absolute atomic E-state index is 10.2. The molecule has 2 atom stereocenters. The van der Waals surface area contributed by atoms with Gasteiger partial charge in [-0.3, -0.25) is 0 Å². The van der Waals surface area contributed by atoms with Crippen LogP contribution in [0.3, 0.4) is 0 Å². The Morgan fingerprint density at radius 2 is 2.50 bits per heavy atom. The second kappa shape index (κ2) is 2.21. The van der Waals surface area contributed by atoms with Gasteiger partial charge < -0.3 is 20.3 Å². The summed E-state index contributed by atoms with van der Waals surface area (Å²) in [6, 6.07) is -0.560. The zero-order valence-corrected chi connectivity index (χ0v) is 5.83. The molecular formula is C6H11NO3. The van der Waals surface area contributed by atoms with E-state index >= 15 is 0 Å². The van der Waals surface area contributed by atoms with Crippen molar-refractivity contribution >= 4 is 5.97 Å². The maximum Gasteiger partial charge on any atom is 0.129 e. The summed E-state index contributed by atoms with van der Waals surface area (Å²) in [5.74, 6) is -1.09. The van der Waals surface area contributed by atoms with Crippen LogP contribution in [0.15, 0.2) is 0 Å². The first-order chi connectivity index (χ1) is 4.51. The number of quaternary nitrogens is 1. The molecule has 1 aliphatic rings. The lowest BCUT2D eigenvalue weighted by atomic mass is 10.0. The van der Waals surface area contributed by atoms with Crippen LogP contribution in [0.4, 0.5) is 0 Å². The molecule has 0 aromatic carbocycles. The molecule has 0 unspecified atom stereocenters. The molecule has 3 N–H and O–H groups in total. The van der Waals surface area contributed by atoms with Crippen molar-refractivity contribution in [3.8, 4) is 0 Å². The molecule has 1 heterocycles. The fourth-order valence-corrected chi connectivity index (χ4v) is 1.22. The highest BCUT2D eigenvalue weighted by Crippen LogP contribution is 2.11. The largest absolute Gasteiger partial charge is 0.544 e. The molecule has 1 fully saturated rings. The van der Waals surface area contributed by atoms with Crippen molar-refractivity contribution in [2.45, 2.75) is 25.0 Å². The van der Waals surface area contributed by atoms with Crippen molar-refractivity contribution in [1.82, 2.24) is 0 Å². The Morgan fingerprint density at radius 1 is 1.90 bits per heavy atom. The molecule has 0 bridgehead atoms. The average Bonchev–Trinajstić information content (AvgIpc) is 2.10. The Bertz CT molecular complexity index is 155. The molecule has 0 aromatic heterocycles. The minimum Gasteiger partial charge on any atom is -0.544 e. The van der Waals surface area contributed by atoms with Crippen LogP contribution in [-0.2, 0) is 4.79 Å². The molecule has 0 aliphatic carbocycles. The minimum absolute atomic E-state index is 0.287. The molecule has 10 heavy (non-hydrogen) atoms. The minimum atomic E-state index is -1.09. The van der Waals surface area contributed by atoms with E-state index in [0.717, 1.165) is 0 Å². The molecule has 1 rings (SSSR count). The van der Waals surface area contributed by atoms with Crippen LogP contribution < -0.4 is 10.4 Å². The van der Waals surface area contributed by atoms with Gasteiger partial charge in [-0.2, -0.15) is 0 Å². The van der Waals surface area contributed by atoms with Gasteiger partial charge in [0.15, 0.2) is 0 Å². The first-order valence-corrected chi connectivity index (χ1v) is 3.28. The van der Waals surface area contributed by atoms with Crippen molar-refractivity contribution in [3.63, 3.8) is 0 Å². The lowest BCUT2D eigenvalue weighted by Gasteiger charge is -2.10. The Hall–Kier alpha value is -0.610. The molecular weight excluding hydrogens is 134 g/mol. The molecule has 4 heteroatoms. The Balaban J connectivity index is 2.51. The van der Waals surface area contributed by atoms with Gasteiger partial charge >= 0.3 is 0 Å². The predicted octanol–water partition coefficient (Wildman–Crippen LogP) is -3.18. The van der Waals surface area contributed by atoms with Crippen LogP contribution in [0, 0.1) is 0 Å². The number of rotatable bonds is 1. The van der Waals surface area contributed by atoms with E-state index < -0.39 is 17.6 Å². The number of hydrogen-bond donors (Lipinski definition) is 2. The summed E-state index contributed by atoms with van der Waals surface area (Å²) >= 11 is 0. The molecule has 1 saturated heterocycles. The van der Waals surface area contributed by atoms with Gasteiger partial charge in [0, 0.05) is 6.42 Å². The van der Waals surface area contributed by atoms with Crippen molar-refractivity contribution in [2.75, 3.05) is 6.54 Å². The van der Waals surface area contributed by atoms with Crippen LogP contribution in [0.5, 0.6) is 0 Å². The Kier molecular flexibility index (Phi) is 1.66. The number of carbonyl (C=O) groups is 1. The van der Waals surface area contributed by atoms with E-state index in [1.54, 1.807) is 12.2 Å². The second-order valence-corrected chi connectivity index (χ2v) is 3.07. The predicted molar refractivity (Wildman–Crippen MR) is 30.8 cm³/mol. The quantitative estimate of drug-likeness (QED) is 0.408. The zero-order valence-electron chi connectivity index (χ0n) is 5.83. The highest BCUT2D eigenvalue weighted by molar-refractivity contribution is 5.69. The summed E-state index contributed by atoms with van der Waals surface area (Å²) in [7, 11) is 0. The smallest absolute Gasteiger partial charge is 0.129 e. The van der Waals surface area contributed by atoms with E-state index in [4.69, 9.17) is 0 Å². The number of aliphatic hydroxyl groups is 1. The molecule has 58 valence electrons. The van der Waals surface area contributed by atoms with Gasteiger partial charge in [0.05, 0.1) is 5.97 Å². The summed E-state index contributed by atoms with van der Waals surface area (Å²) in [5.41, 5.74) is -0.829. The molecule has 1 aliphatic heterocycles. The standard InChI is InChI=1S/C6H11NO3/c1-6(10)2-4(5(8)9)7-3-6/h4,7,10H,2-3H2,1H3,(H,8,9)/t4-,6-/m0/s1. The number of nitrogens with two attached hydrogens (primary N) is 1. The van der Waals surface area contributed by atoms with E-state index in [-0.39, 0.29) is 6.42 Å². The Morgan fingerprint density at radius 3 is 2.70 bits per heavy atom. The number of aliphatic carboxylic acids is 1. The maximum atomic E-state index is 10.2. The lowest BCUT2D eigenvalue weighted by molar-refractivity contribution is -0.668. The highest BCUT2D eigenvalue weighted by Gasteiger charge is 2.37. The molecule has 0 amide bonds. The van der Waals surface area contributed by atoms with E-state index in [0.29, 0.717) is 6.54 Å². The van der Waals surface area contributed by atoms with Crippen molar-refractivity contribution in [1.29, 1.82) is 0 Å². The SMILES string of the molecule is C[C@@]1(O)C[NH2+][C@H](C(=O)[O-])C1. The van der Waals surface area contributed by atoms with Gasteiger partial charge in [-0.15, -0.1) is 0 Å². The molecule has 0 saturated carbocycles. The van der Waals surface area contributed by atoms with Crippen LogP contribution in [0.25, 0.3) is 0 Å². The highest BCUT2D eigenvalue weighted by atomic mass is 16.4. The van der Waals surface area contributed by atoms with E-state index in [1.807, 2.05) is 0 Å². The topological polar surface area (TPSA) is 77.0 Å².